The van der Waals surface area contributed by atoms with Gasteiger partial charge in [0.1, 0.15) is 17.1 Å². The highest BCUT2D eigenvalue weighted by Crippen LogP contribution is 2.34. The van der Waals surface area contributed by atoms with Crippen LogP contribution in [-0.2, 0) is 4.79 Å². The number of anilines is 2. The highest BCUT2D eigenvalue weighted by atomic mass is 16.3. The number of nitrogens with one attached hydrogen (secondary N) is 2. The Morgan fingerprint density at radius 3 is 2.52 bits per heavy atom. The molecule has 0 bridgehead atoms. The summed E-state index contributed by atoms with van der Waals surface area (Å²) in [4.78, 5) is 32.4. The number of carbonyl (C=O) groups is 2. The number of nitrogens with zero attached hydrogens (tertiary/aromatic N) is 2. The van der Waals surface area contributed by atoms with Gasteiger partial charge in [-0.2, -0.15) is 0 Å². The van der Waals surface area contributed by atoms with Crippen LogP contribution in [0, 0.1) is 12.8 Å². The molecule has 2 amide bonds. The van der Waals surface area contributed by atoms with Gasteiger partial charge in [-0.05, 0) is 71.0 Å². The van der Waals surface area contributed by atoms with Gasteiger partial charge in [0, 0.05) is 23.5 Å². The normalized spacial score (nSPS) is 18.8. The first kappa shape index (κ1) is 21.1. The zero-order valence-electron chi connectivity index (χ0n) is 18.1. The van der Waals surface area contributed by atoms with Gasteiger partial charge >= 0.3 is 0 Å². The van der Waals surface area contributed by atoms with E-state index < -0.39 is 5.91 Å². The van der Waals surface area contributed by atoms with Crippen LogP contribution in [0.1, 0.15) is 41.8 Å². The second-order valence-corrected chi connectivity index (χ2v) is 8.43. The molecular formula is C24H28N4O3. The fourth-order valence-electron chi connectivity index (χ4n) is 4.18. The van der Waals surface area contributed by atoms with Crippen molar-refractivity contribution in [3.8, 4) is 0 Å². The van der Waals surface area contributed by atoms with E-state index in [0.717, 1.165) is 36.6 Å². The van der Waals surface area contributed by atoms with Crippen molar-refractivity contribution in [2.24, 2.45) is 5.92 Å². The third-order valence-electron chi connectivity index (χ3n) is 6.00. The highest BCUT2D eigenvalue weighted by molar-refractivity contribution is 6.14. The second kappa shape index (κ2) is 8.89. The molecule has 3 aromatic rings. The quantitative estimate of drug-likeness (QED) is 0.637. The zero-order valence-corrected chi connectivity index (χ0v) is 18.1. The van der Waals surface area contributed by atoms with Crippen molar-refractivity contribution in [2.45, 2.75) is 38.6 Å². The van der Waals surface area contributed by atoms with E-state index in [1.807, 2.05) is 25.1 Å². The number of aryl methyl sites for hydroxylation is 1. The number of amides is 2. The molecule has 7 nitrogen and oxygen atoms in total. The minimum atomic E-state index is -0.445. The summed E-state index contributed by atoms with van der Waals surface area (Å²) in [6.07, 6.45) is 5.25. The Morgan fingerprint density at radius 1 is 1.06 bits per heavy atom. The average Bonchev–Trinajstić information content (AvgIpc) is 3.12. The predicted molar refractivity (Wildman–Crippen MR) is 121 cm³/mol. The van der Waals surface area contributed by atoms with Crippen molar-refractivity contribution < 1.29 is 14.0 Å². The van der Waals surface area contributed by atoms with E-state index in [0.29, 0.717) is 23.1 Å². The number of furan rings is 1. The van der Waals surface area contributed by atoms with Gasteiger partial charge in [-0.1, -0.05) is 17.7 Å². The molecule has 0 radical (unpaired) electrons. The first-order valence-corrected chi connectivity index (χ1v) is 10.6. The standard InChI is InChI=1S/C24H28N4O3/c1-15-7-12-19-18(14-15)21(22(31-19)24(30)26-20-6-4-5-13-25-20)27-23(29)16-8-10-17(11-9-16)28(2)3/h4-7,12-14,16-17H,8-11H2,1-3H3,(H,27,29)(H,25,26,30). The first-order valence-electron chi connectivity index (χ1n) is 10.6. The summed E-state index contributed by atoms with van der Waals surface area (Å²) in [7, 11) is 4.16. The Balaban J connectivity index is 1.59. The maximum Gasteiger partial charge on any atom is 0.294 e. The molecule has 0 aliphatic heterocycles. The van der Waals surface area contributed by atoms with Crippen molar-refractivity contribution in [1.82, 2.24) is 9.88 Å². The molecule has 0 unspecified atom stereocenters. The summed E-state index contributed by atoms with van der Waals surface area (Å²) in [5, 5.41) is 6.48. The van der Waals surface area contributed by atoms with Crippen molar-refractivity contribution >= 4 is 34.3 Å². The smallest absolute Gasteiger partial charge is 0.294 e. The molecule has 2 aromatic heterocycles. The predicted octanol–water partition coefficient (Wildman–Crippen LogP) is 4.45. The number of hydrogen-bond donors (Lipinski definition) is 2. The average molecular weight is 421 g/mol. The molecule has 31 heavy (non-hydrogen) atoms. The molecule has 1 fully saturated rings. The molecule has 1 aliphatic rings. The van der Waals surface area contributed by atoms with Gasteiger partial charge in [0.05, 0.1) is 0 Å². The third-order valence-corrected chi connectivity index (χ3v) is 6.00. The molecule has 0 spiro atoms. The molecule has 4 rings (SSSR count). The maximum atomic E-state index is 13.1. The maximum absolute atomic E-state index is 13.1. The fraction of sp³-hybridized carbons (Fsp3) is 0.375. The largest absolute Gasteiger partial charge is 0.449 e. The van der Waals surface area contributed by atoms with Crippen LogP contribution >= 0.6 is 0 Å². The number of pyridine rings is 1. The molecular weight excluding hydrogens is 392 g/mol. The SMILES string of the molecule is Cc1ccc2oc(C(=O)Nc3ccccn3)c(NC(=O)C3CCC(N(C)C)CC3)c2c1. The van der Waals surface area contributed by atoms with Gasteiger partial charge in [-0.25, -0.2) is 4.98 Å². The van der Waals surface area contributed by atoms with Gasteiger partial charge in [-0.15, -0.1) is 0 Å². The molecule has 162 valence electrons. The minimum Gasteiger partial charge on any atom is -0.449 e. The summed E-state index contributed by atoms with van der Waals surface area (Å²) in [5.74, 6) is -0.0740. The highest BCUT2D eigenvalue weighted by Gasteiger charge is 2.30. The molecule has 1 saturated carbocycles. The van der Waals surface area contributed by atoms with E-state index in [4.69, 9.17) is 4.42 Å². The Morgan fingerprint density at radius 2 is 1.84 bits per heavy atom. The van der Waals surface area contributed by atoms with E-state index in [1.54, 1.807) is 24.4 Å². The van der Waals surface area contributed by atoms with E-state index in [9.17, 15) is 9.59 Å². The van der Waals surface area contributed by atoms with Gasteiger partial charge in [-0.3, -0.25) is 9.59 Å². The van der Waals surface area contributed by atoms with Crippen LogP contribution in [0.25, 0.3) is 11.0 Å². The molecule has 7 heteroatoms. The first-order chi connectivity index (χ1) is 14.9. The van der Waals surface area contributed by atoms with Gasteiger partial charge in [0.15, 0.2) is 0 Å². The monoisotopic (exact) mass is 420 g/mol. The van der Waals surface area contributed by atoms with Crippen molar-refractivity contribution in [1.29, 1.82) is 0 Å². The fourth-order valence-corrected chi connectivity index (χ4v) is 4.18. The lowest BCUT2D eigenvalue weighted by Gasteiger charge is -2.31. The summed E-state index contributed by atoms with van der Waals surface area (Å²) in [5.41, 5.74) is 2.00. The van der Waals surface area contributed by atoms with Crippen LogP contribution in [0.2, 0.25) is 0 Å². The van der Waals surface area contributed by atoms with Crippen molar-refractivity contribution in [2.75, 3.05) is 24.7 Å². The van der Waals surface area contributed by atoms with Gasteiger partial charge in [0.2, 0.25) is 11.7 Å². The van der Waals surface area contributed by atoms with E-state index in [2.05, 4.69) is 34.6 Å². The number of hydrogen-bond acceptors (Lipinski definition) is 5. The number of aromatic nitrogens is 1. The van der Waals surface area contributed by atoms with Crippen LogP contribution in [0.4, 0.5) is 11.5 Å². The Bertz CT molecular complexity index is 1080. The lowest BCUT2D eigenvalue weighted by atomic mass is 9.85. The van der Waals surface area contributed by atoms with Crippen LogP contribution < -0.4 is 10.6 Å². The summed E-state index contributed by atoms with van der Waals surface area (Å²) in [6, 6.07) is 11.4. The van der Waals surface area contributed by atoms with Crippen molar-refractivity contribution in [3.05, 3.63) is 53.9 Å². The third kappa shape index (κ3) is 4.61. The topological polar surface area (TPSA) is 87.5 Å². The zero-order chi connectivity index (χ0) is 22.0. The van der Waals surface area contributed by atoms with Gasteiger partial charge < -0.3 is 20.0 Å². The van der Waals surface area contributed by atoms with Crippen LogP contribution in [0.5, 0.6) is 0 Å². The van der Waals surface area contributed by atoms with E-state index in [-0.39, 0.29) is 17.6 Å². The Labute approximate surface area is 181 Å². The summed E-state index contributed by atoms with van der Waals surface area (Å²) in [6.45, 7) is 1.97. The molecule has 1 aromatic carbocycles. The Hall–Kier alpha value is -3.19. The number of benzene rings is 1. The summed E-state index contributed by atoms with van der Waals surface area (Å²) < 4.78 is 5.86. The van der Waals surface area contributed by atoms with Crippen LogP contribution in [-0.4, -0.2) is 41.8 Å². The number of rotatable bonds is 5. The van der Waals surface area contributed by atoms with Crippen molar-refractivity contribution in [3.63, 3.8) is 0 Å². The Kier molecular flexibility index (Phi) is 6.04. The summed E-state index contributed by atoms with van der Waals surface area (Å²) >= 11 is 0. The van der Waals surface area contributed by atoms with E-state index in [1.165, 1.54) is 0 Å². The molecule has 2 heterocycles. The molecule has 0 saturated heterocycles. The minimum absolute atomic E-state index is 0.0618. The molecule has 0 atom stereocenters. The van der Waals surface area contributed by atoms with Crippen LogP contribution in [0.3, 0.4) is 0 Å². The number of fused-ring (bicyclic) bond motifs is 1. The van der Waals surface area contributed by atoms with Crippen LogP contribution in [0.15, 0.2) is 47.0 Å². The van der Waals surface area contributed by atoms with Gasteiger partial charge in [0.25, 0.3) is 5.91 Å². The second-order valence-electron chi connectivity index (χ2n) is 8.43. The lowest BCUT2D eigenvalue weighted by Crippen LogP contribution is -2.35. The molecule has 1 aliphatic carbocycles. The molecule has 2 N–H and O–H groups in total. The lowest BCUT2D eigenvalue weighted by molar-refractivity contribution is -0.121. The number of carbonyl (C=O) groups excluding carboxylic acids is 2. The van der Waals surface area contributed by atoms with E-state index >= 15 is 0 Å².